The van der Waals surface area contributed by atoms with Crippen LogP contribution in [0.5, 0.6) is 0 Å². The summed E-state index contributed by atoms with van der Waals surface area (Å²) in [4.78, 5) is 7.10. The Hall–Kier alpha value is -1.89. The van der Waals surface area contributed by atoms with Crippen molar-refractivity contribution in [3.8, 4) is 0 Å². The highest BCUT2D eigenvalue weighted by Gasteiger charge is 2.12. The van der Waals surface area contributed by atoms with E-state index in [0.717, 1.165) is 37.1 Å². The second kappa shape index (κ2) is 10.9. The van der Waals surface area contributed by atoms with Crippen molar-refractivity contribution in [2.24, 2.45) is 12.0 Å². The van der Waals surface area contributed by atoms with E-state index in [9.17, 15) is 0 Å². The second-order valence-electron chi connectivity index (χ2n) is 6.76. The van der Waals surface area contributed by atoms with Crippen LogP contribution in [0, 0.1) is 6.92 Å². The van der Waals surface area contributed by atoms with Crippen molar-refractivity contribution in [1.82, 2.24) is 30.3 Å². The van der Waals surface area contributed by atoms with E-state index in [2.05, 4.69) is 65.0 Å². The highest BCUT2D eigenvalue weighted by Crippen LogP contribution is 2.05. The molecule has 1 aromatic heterocycles. The van der Waals surface area contributed by atoms with Crippen LogP contribution in [0.1, 0.15) is 45.8 Å². The third kappa shape index (κ3) is 7.25. The van der Waals surface area contributed by atoms with Gasteiger partial charge in [0.15, 0.2) is 11.8 Å². The first-order valence-corrected chi connectivity index (χ1v) is 9.10. The van der Waals surface area contributed by atoms with Gasteiger partial charge in [0.25, 0.3) is 0 Å². The van der Waals surface area contributed by atoms with E-state index >= 15 is 0 Å². The Morgan fingerprint density at radius 1 is 1.24 bits per heavy atom. The molecular formula is C18H35N7. The molecule has 1 aromatic rings. The first kappa shape index (κ1) is 21.2. The quantitative estimate of drug-likeness (QED) is 0.292. The van der Waals surface area contributed by atoms with Crippen molar-refractivity contribution in [3.05, 3.63) is 24.3 Å². The summed E-state index contributed by atoms with van der Waals surface area (Å²) < 4.78 is 1.96. The lowest BCUT2D eigenvalue weighted by molar-refractivity contribution is 0.173. The molecular weight excluding hydrogens is 314 g/mol. The molecule has 0 bridgehead atoms. The summed E-state index contributed by atoms with van der Waals surface area (Å²) in [6, 6.07) is 1.12. The van der Waals surface area contributed by atoms with Crippen LogP contribution in [-0.4, -0.2) is 57.3 Å². The molecule has 1 heterocycles. The lowest BCUT2D eigenvalue weighted by Crippen LogP contribution is -2.41. The maximum absolute atomic E-state index is 4.60. The molecule has 25 heavy (non-hydrogen) atoms. The zero-order valence-corrected chi connectivity index (χ0v) is 16.7. The van der Waals surface area contributed by atoms with E-state index in [4.69, 9.17) is 0 Å². The Morgan fingerprint density at radius 3 is 2.44 bits per heavy atom. The largest absolute Gasteiger partial charge is 0.356 e. The van der Waals surface area contributed by atoms with Crippen LogP contribution in [0.2, 0.25) is 0 Å². The van der Waals surface area contributed by atoms with Crippen molar-refractivity contribution >= 4 is 5.96 Å². The molecule has 7 heteroatoms. The number of aliphatic imine (C=N–C) groups is 1. The molecule has 0 aromatic carbocycles. The Balaban J connectivity index is 2.53. The van der Waals surface area contributed by atoms with Crippen molar-refractivity contribution in [2.75, 3.05) is 19.6 Å². The van der Waals surface area contributed by atoms with E-state index in [1.165, 1.54) is 0 Å². The maximum Gasteiger partial charge on any atom is 0.191 e. The summed E-state index contributed by atoms with van der Waals surface area (Å²) in [5.41, 5.74) is 0. The summed E-state index contributed by atoms with van der Waals surface area (Å²) in [5.74, 6) is 2.52. The minimum absolute atomic E-state index is 0.494. The molecule has 0 spiro atoms. The van der Waals surface area contributed by atoms with Crippen LogP contribution >= 0.6 is 0 Å². The molecule has 0 amide bonds. The molecule has 1 rings (SSSR count). The summed E-state index contributed by atoms with van der Waals surface area (Å²) in [5, 5.41) is 14.9. The third-order valence-electron chi connectivity index (χ3n) is 4.19. The zero-order chi connectivity index (χ0) is 18.8. The zero-order valence-electron chi connectivity index (χ0n) is 16.7. The lowest BCUT2D eigenvalue weighted by atomic mass is 10.2. The van der Waals surface area contributed by atoms with Crippen LogP contribution < -0.4 is 10.6 Å². The Kier molecular flexibility index (Phi) is 9.20. The average Bonchev–Trinajstić information content (AvgIpc) is 2.87. The second-order valence-corrected chi connectivity index (χ2v) is 6.76. The van der Waals surface area contributed by atoms with Crippen LogP contribution in [0.25, 0.3) is 0 Å². The van der Waals surface area contributed by atoms with Gasteiger partial charge >= 0.3 is 0 Å². The van der Waals surface area contributed by atoms with Crippen LogP contribution in [0.4, 0.5) is 0 Å². The fourth-order valence-corrected chi connectivity index (χ4v) is 2.66. The fraction of sp³-hybridized carbons (Fsp3) is 0.722. The van der Waals surface area contributed by atoms with E-state index < -0.39 is 0 Å². The van der Waals surface area contributed by atoms with Crippen molar-refractivity contribution in [3.63, 3.8) is 0 Å². The van der Waals surface area contributed by atoms with Gasteiger partial charge in [0, 0.05) is 38.8 Å². The molecule has 0 unspecified atom stereocenters. The fourth-order valence-electron chi connectivity index (χ4n) is 2.66. The first-order valence-electron chi connectivity index (χ1n) is 9.10. The number of aryl methyl sites for hydroxylation is 1. The van der Waals surface area contributed by atoms with E-state index in [1.54, 1.807) is 0 Å². The monoisotopic (exact) mass is 349 g/mol. The predicted octanol–water partition coefficient (Wildman–Crippen LogP) is 1.85. The van der Waals surface area contributed by atoms with Crippen LogP contribution in [-0.2, 0) is 13.6 Å². The number of rotatable bonds is 10. The van der Waals surface area contributed by atoms with Gasteiger partial charge < -0.3 is 15.2 Å². The number of nitrogens with zero attached hydrogens (tertiary/aromatic N) is 5. The highest BCUT2D eigenvalue weighted by molar-refractivity contribution is 5.79. The average molecular weight is 350 g/mol. The van der Waals surface area contributed by atoms with Gasteiger partial charge in [0.1, 0.15) is 12.4 Å². The minimum atomic E-state index is 0.494. The smallest absolute Gasteiger partial charge is 0.191 e. The van der Waals surface area contributed by atoms with Gasteiger partial charge in [0.2, 0.25) is 0 Å². The van der Waals surface area contributed by atoms with Gasteiger partial charge in [0.05, 0.1) is 0 Å². The van der Waals surface area contributed by atoms with Crippen molar-refractivity contribution in [1.29, 1.82) is 0 Å². The van der Waals surface area contributed by atoms with Crippen LogP contribution in [0.15, 0.2) is 17.6 Å². The molecule has 0 aliphatic rings. The molecule has 0 saturated carbocycles. The number of hydrogen-bond donors (Lipinski definition) is 2. The van der Waals surface area contributed by atoms with Gasteiger partial charge in [-0.15, -0.1) is 16.8 Å². The lowest BCUT2D eigenvalue weighted by Gasteiger charge is -2.30. The van der Waals surface area contributed by atoms with Gasteiger partial charge in [-0.25, -0.2) is 4.99 Å². The maximum atomic E-state index is 4.60. The molecule has 0 radical (unpaired) electrons. The molecule has 0 aliphatic carbocycles. The third-order valence-corrected chi connectivity index (χ3v) is 4.19. The van der Waals surface area contributed by atoms with Gasteiger partial charge in [-0.1, -0.05) is 6.08 Å². The van der Waals surface area contributed by atoms with Crippen molar-refractivity contribution in [2.45, 2.75) is 59.7 Å². The first-order chi connectivity index (χ1) is 11.9. The summed E-state index contributed by atoms with van der Waals surface area (Å²) in [6.07, 6.45) is 2.89. The molecule has 7 nitrogen and oxygen atoms in total. The van der Waals surface area contributed by atoms with Crippen LogP contribution in [0.3, 0.4) is 0 Å². The van der Waals surface area contributed by atoms with E-state index in [1.807, 2.05) is 24.6 Å². The summed E-state index contributed by atoms with van der Waals surface area (Å²) in [7, 11) is 1.96. The summed E-state index contributed by atoms with van der Waals surface area (Å²) in [6.45, 7) is 17.8. The number of nitrogens with one attached hydrogen (secondary N) is 2. The van der Waals surface area contributed by atoms with Gasteiger partial charge in [-0.3, -0.25) is 4.90 Å². The topological polar surface area (TPSA) is 70.4 Å². The van der Waals surface area contributed by atoms with Crippen molar-refractivity contribution < 1.29 is 0 Å². The predicted molar refractivity (Wildman–Crippen MR) is 105 cm³/mol. The molecule has 0 saturated heterocycles. The molecule has 0 atom stereocenters. The van der Waals surface area contributed by atoms with Gasteiger partial charge in [-0.05, 0) is 41.0 Å². The standard InChI is InChI=1S/C18H35N7/c1-8-10-19-18(21-13-17-23-22-16(6)24(17)7)20-11-9-12-25(14(2)3)15(4)5/h8,14-15H,1,9-13H2,2-7H3,(H2,19,20,21). The number of guanidine groups is 1. The normalized spacial score (nSPS) is 12.3. The molecule has 0 fully saturated rings. The van der Waals surface area contributed by atoms with E-state index in [-0.39, 0.29) is 0 Å². The molecule has 2 N–H and O–H groups in total. The minimum Gasteiger partial charge on any atom is -0.356 e. The number of aromatic nitrogens is 3. The summed E-state index contributed by atoms with van der Waals surface area (Å²) >= 11 is 0. The Bertz CT molecular complexity index is 538. The molecule has 142 valence electrons. The molecule has 0 aliphatic heterocycles. The number of hydrogen-bond acceptors (Lipinski definition) is 4. The Morgan fingerprint density at radius 2 is 1.92 bits per heavy atom. The SMILES string of the molecule is C=CCNC(=NCc1nnc(C)n1C)NCCCN(C(C)C)C(C)C. The van der Waals surface area contributed by atoms with E-state index in [0.29, 0.717) is 25.2 Å². The highest BCUT2D eigenvalue weighted by atomic mass is 15.3. The Labute approximate surface area is 152 Å². The van der Waals surface area contributed by atoms with Gasteiger partial charge in [-0.2, -0.15) is 0 Å².